The second-order valence-corrected chi connectivity index (χ2v) is 11.0. The number of anilines is 1. The Bertz CT molecular complexity index is 1280. The fourth-order valence-electron chi connectivity index (χ4n) is 5.65. The van der Waals surface area contributed by atoms with Crippen LogP contribution in [-0.4, -0.2) is 45.5 Å². The van der Waals surface area contributed by atoms with Gasteiger partial charge in [0.25, 0.3) is 5.56 Å². The van der Waals surface area contributed by atoms with Gasteiger partial charge in [-0.1, -0.05) is 43.2 Å². The number of benzene rings is 1. The maximum atomic E-state index is 12.5. The Morgan fingerprint density at radius 2 is 1.70 bits per heavy atom. The second kappa shape index (κ2) is 11.1. The molecule has 37 heavy (non-hydrogen) atoms. The molecule has 0 unspecified atom stereocenters. The number of pyridine rings is 2. The summed E-state index contributed by atoms with van der Waals surface area (Å²) in [6.07, 6.45) is 10.3. The third kappa shape index (κ3) is 5.90. The Balaban J connectivity index is 1.31. The lowest BCUT2D eigenvalue weighted by atomic mass is 9.96. The Kier molecular flexibility index (Phi) is 7.65. The van der Waals surface area contributed by atoms with E-state index in [9.17, 15) is 4.79 Å². The van der Waals surface area contributed by atoms with Gasteiger partial charge >= 0.3 is 0 Å². The van der Waals surface area contributed by atoms with Crippen molar-refractivity contribution in [2.45, 2.75) is 65.1 Å². The fraction of sp³-hybridized carbons (Fsp3) is 0.484. The van der Waals surface area contributed by atoms with E-state index < -0.39 is 0 Å². The number of piperazine rings is 1. The normalized spacial score (nSPS) is 18.6. The van der Waals surface area contributed by atoms with Crippen LogP contribution in [0.2, 0.25) is 0 Å². The summed E-state index contributed by atoms with van der Waals surface area (Å²) in [4.78, 5) is 22.2. The van der Waals surface area contributed by atoms with Crippen molar-refractivity contribution in [3.8, 4) is 0 Å². The summed E-state index contributed by atoms with van der Waals surface area (Å²) in [5.41, 5.74) is 3.61. The first-order chi connectivity index (χ1) is 17.9. The van der Waals surface area contributed by atoms with Gasteiger partial charge < -0.3 is 14.8 Å². The van der Waals surface area contributed by atoms with Crippen molar-refractivity contribution in [1.29, 1.82) is 0 Å². The number of nitrogens with one attached hydrogen (secondary N) is 1. The standard InChI is InChI=1S/C31H41N5O/c1-5-14-34-15-17-35(18-16-34)28(19-24-6-7-24)26-10-8-25(9-11-26)23(4)33-30-20-29-27(21-32-30)12-13-31(37)36(29)22(2)3/h5,8-14,20-24,28H,6-7,15-19H2,1-4H3,(H,32,33)/t23-,28-/m0/s1. The zero-order valence-corrected chi connectivity index (χ0v) is 22.7. The molecule has 1 saturated carbocycles. The summed E-state index contributed by atoms with van der Waals surface area (Å²) in [5.74, 6) is 1.68. The Morgan fingerprint density at radius 1 is 1.00 bits per heavy atom. The lowest BCUT2D eigenvalue weighted by Gasteiger charge is -2.39. The number of allylic oxidation sites excluding steroid dienone is 1. The van der Waals surface area contributed by atoms with Crippen molar-refractivity contribution in [3.05, 3.63) is 82.4 Å². The van der Waals surface area contributed by atoms with Crippen LogP contribution in [0.5, 0.6) is 0 Å². The number of fused-ring (bicyclic) bond motifs is 1. The van der Waals surface area contributed by atoms with E-state index in [0.717, 1.165) is 48.8 Å². The summed E-state index contributed by atoms with van der Waals surface area (Å²) >= 11 is 0. The summed E-state index contributed by atoms with van der Waals surface area (Å²) in [7, 11) is 0. The van der Waals surface area contributed by atoms with Crippen LogP contribution >= 0.6 is 0 Å². The summed E-state index contributed by atoms with van der Waals surface area (Å²) in [6.45, 7) is 12.8. The largest absolute Gasteiger partial charge is 0.375 e. The Labute approximate surface area is 221 Å². The van der Waals surface area contributed by atoms with Crippen LogP contribution in [0.4, 0.5) is 5.82 Å². The van der Waals surface area contributed by atoms with E-state index in [4.69, 9.17) is 0 Å². The molecule has 2 aliphatic rings. The van der Waals surface area contributed by atoms with Crippen LogP contribution in [0.3, 0.4) is 0 Å². The van der Waals surface area contributed by atoms with Gasteiger partial charge in [-0.3, -0.25) is 9.69 Å². The number of rotatable bonds is 9. The zero-order chi connectivity index (χ0) is 25.9. The van der Waals surface area contributed by atoms with Crippen molar-refractivity contribution in [2.24, 2.45) is 5.92 Å². The Morgan fingerprint density at radius 3 is 2.35 bits per heavy atom. The van der Waals surface area contributed by atoms with Crippen molar-refractivity contribution in [1.82, 2.24) is 19.4 Å². The van der Waals surface area contributed by atoms with Gasteiger partial charge in [-0.15, -0.1) is 0 Å². The van der Waals surface area contributed by atoms with Crippen LogP contribution in [0.25, 0.3) is 10.9 Å². The van der Waals surface area contributed by atoms with Crippen molar-refractivity contribution >= 4 is 16.7 Å². The third-order valence-corrected chi connectivity index (χ3v) is 7.92. The first kappa shape index (κ1) is 25.5. The molecule has 0 spiro atoms. The average molecular weight is 500 g/mol. The molecule has 196 valence electrons. The zero-order valence-electron chi connectivity index (χ0n) is 22.7. The molecule has 5 rings (SSSR count). The molecule has 2 aromatic heterocycles. The molecule has 1 saturated heterocycles. The number of nitrogens with zero attached hydrogens (tertiary/aromatic N) is 4. The molecule has 0 bridgehead atoms. The van der Waals surface area contributed by atoms with Gasteiger partial charge in [-0.05, 0) is 63.4 Å². The molecule has 2 atom stereocenters. The smallest absolute Gasteiger partial charge is 0.251 e. The number of aromatic nitrogens is 2. The van der Waals surface area contributed by atoms with E-state index in [1.807, 2.05) is 36.7 Å². The minimum atomic E-state index is 0.0206. The van der Waals surface area contributed by atoms with Crippen molar-refractivity contribution in [3.63, 3.8) is 0 Å². The maximum absolute atomic E-state index is 12.5. The lowest BCUT2D eigenvalue weighted by molar-refractivity contribution is 0.113. The minimum Gasteiger partial charge on any atom is -0.375 e. The molecule has 1 aliphatic carbocycles. The van der Waals surface area contributed by atoms with Crippen LogP contribution in [0.15, 0.2) is 65.7 Å². The predicted octanol–water partition coefficient (Wildman–Crippen LogP) is 6.14. The van der Waals surface area contributed by atoms with Crippen molar-refractivity contribution < 1.29 is 0 Å². The monoisotopic (exact) mass is 499 g/mol. The quantitative estimate of drug-likeness (QED) is 0.383. The lowest BCUT2D eigenvalue weighted by Crippen LogP contribution is -2.45. The molecular weight excluding hydrogens is 458 g/mol. The van der Waals surface area contributed by atoms with Crippen molar-refractivity contribution in [2.75, 3.05) is 31.5 Å². The fourth-order valence-corrected chi connectivity index (χ4v) is 5.65. The topological polar surface area (TPSA) is 53.4 Å². The van der Waals surface area contributed by atoms with E-state index in [0.29, 0.717) is 6.04 Å². The third-order valence-electron chi connectivity index (χ3n) is 7.92. The van der Waals surface area contributed by atoms with Gasteiger partial charge in [0.15, 0.2) is 0 Å². The van der Waals surface area contributed by atoms with E-state index in [1.54, 1.807) is 6.07 Å². The van der Waals surface area contributed by atoms with Gasteiger partial charge in [0, 0.05) is 68.0 Å². The molecule has 3 aromatic rings. The predicted molar refractivity (Wildman–Crippen MR) is 153 cm³/mol. The summed E-state index contributed by atoms with van der Waals surface area (Å²) in [5, 5.41) is 4.53. The minimum absolute atomic E-state index is 0.0206. The molecule has 1 aromatic carbocycles. The number of hydrogen-bond acceptors (Lipinski definition) is 5. The van der Waals surface area contributed by atoms with E-state index in [1.165, 1.54) is 30.4 Å². The first-order valence-electron chi connectivity index (χ1n) is 13.9. The highest BCUT2D eigenvalue weighted by molar-refractivity contribution is 5.80. The first-order valence-corrected chi connectivity index (χ1v) is 13.9. The molecule has 1 aliphatic heterocycles. The van der Waals surface area contributed by atoms with Crippen LogP contribution in [-0.2, 0) is 0 Å². The van der Waals surface area contributed by atoms with Gasteiger partial charge in [0.05, 0.1) is 5.52 Å². The highest BCUT2D eigenvalue weighted by Crippen LogP contribution is 2.40. The van der Waals surface area contributed by atoms with E-state index >= 15 is 0 Å². The molecule has 6 nitrogen and oxygen atoms in total. The van der Waals surface area contributed by atoms with Gasteiger partial charge in [-0.25, -0.2) is 4.98 Å². The average Bonchev–Trinajstić information content (AvgIpc) is 3.72. The van der Waals surface area contributed by atoms with Gasteiger partial charge in [0.1, 0.15) is 5.82 Å². The van der Waals surface area contributed by atoms with Crippen LogP contribution in [0, 0.1) is 5.92 Å². The van der Waals surface area contributed by atoms with Gasteiger partial charge in [-0.2, -0.15) is 0 Å². The highest BCUT2D eigenvalue weighted by Gasteiger charge is 2.31. The SMILES string of the molecule is CC=CN1CCN([C@@H](CC2CC2)c2ccc([C@H](C)Nc3cc4c(ccc(=O)n4C(C)C)cn3)cc2)CC1. The molecule has 1 N–H and O–H groups in total. The number of hydrogen-bond donors (Lipinski definition) is 1. The summed E-state index contributed by atoms with van der Waals surface area (Å²) < 4.78 is 1.83. The van der Waals surface area contributed by atoms with Gasteiger partial charge in [0.2, 0.25) is 0 Å². The second-order valence-electron chi connectivity index (χ2n) is 11.0. The molecule has 3 heterocycles. The van der Waals surface area contributed by atoms with Crippen LogP contribution in [0.1, 0.15) is 76.2 Å². The van der Waals surface area contributed by atoms with Crippen LogP contribution < -0.4 is 10.9 Å². The molecule has 0 amide bonds. The highest BCUT2D eigenvalue weighted by atomic mass is 16.1. The molecule has 0 radical (unpaired) electrons. The Hall–Kier alpha value is -3.12. The van der Waals surface area contributed by atoms with E-state index in [-0.39, 0.29) is 17.6 Å². The molecule has 6 heteroatoms. The maximum Gasteiger partial charge on any atom is 0.251 e. The van der Waals surface area contributed by atoms with E-state index in [2.05, 4.69) is 70.5 Å². The molecule has 2 fully saturated rings. The summed E-state index contributed by atoms with van der Waals surface area (Å²) in [6, 6.07) is 15.4. The molecular formula is C31H41N5O.